The van der Waals surface area contributed by atoms with Crippen molar-refractivity contribution in [3.63, 3.8) is 0 Å². The van der Waals surface area contributed by atoms with Crippen LogP contribution < -0.4 is 10.5 Å². The van der Waals surface area contributed by atoms with E-state index in [2.05, 4.69) is 0 Å². The van der Waals surface area contributed by atoms with Gasteiger partial charge in [-0.15, -0.1) is 0 Å². The van der Waals surface area contributed by atoms with Crippen LogP contribution in [0.15, 0.2) is 35.2 Å². The topological polar surface area (TPSA) is 72.2 Å². The average molecular weight is 320 g/mol. The van der Waals surface area contributed by atoms with Gasteiger partial charge in [-0.25, -0.2) is 26.0 Å². The van der Waals surface area contributed by atoms with Crippen LogP contribution in [0.1, 0.15) is 0 Å². The van der Waals surface area contributed by atoms with Crippen molar-refractivity contribution in [2.24, 2.45) is 0 Å². The van der Waals surface area contributed by atoms with E-state index >= 15 is 0 Å². The molecule has 2 rings (SSSR count). The van der Waals surface area contributed by atoms with E-state index in [0.29, 0.717) is 12.1 Å². The summed E-state index contributed by atoms with van der Waals surface area (Å²) in [6, 6.07) is 3.54. The minimum absolute atomic E-state index is 0.408. The van der Waals surface area contributed by atoms with Crippen LogP contribution in [0, 0.1) is 23.3 Å². The maximum atomic E-state index is 13.0. The SMILES string of the molecule is Nc1cc(S(=O)(=O)Nc2cc(F)c(F)c(F)c2)ccc1F. The first-order chi connectivity index (χ1) is 9.70. The second-order valence-electron chi connectivity index (χ2n) is 4.04. The molecule has 0 fully saturated rings. The molecule has 2 aromatic carbocycles. The van der Waals surface area contributed by atoms with E-state index in [1.165, 1.54) is 0 Å². The molecule has 21 heavy (non-hydrogen) atoms. The number of nitrogen functional groups attached to an aromatic ring is 1. The predicted molar refractivity (Wildman–Crippen MR) is 67.9 cm³/mol. The zero-order valence-electron chi connectivity index (χ0n) is 10.2. The number of sulfonamides is 1. The maximum absolute atomic E-state index is 13.0. The molecule has 0 atom stereocenters. The lowest BCUT2D eigenvalue weighted by Gasteiger charge is -2.09. The van der Waals surface area contributed by atoms with Gasteiger partial charge in [-0.05, 0) is 18.2 Å². The molecule has 2 aromatic rings. The first kappa shape index (κ1) is 15.1. The van der Waals surface area contributed by atoms with E-state index in [0.717, 1.165) is 18.2 Å². The lowest BCUT2D eigenvalue weighted by Crippen LogP contribution is -2.14. The fraction of sp³-hybridized carbons (Fsp3) is 0. The van der Waals surface area contributed by atoms with Crippen molar-refractivity contribution in [3.8, 4) is 0 Å². The van der Waals surface area contributed by atoms with Crippen LogP contribution in [0.4, 0.5) is 28.9 Å². The van der Waals surface area contributed by atoms with Crippen LogP contribution in [0.2, 0.25) is 0 Å². The third-order valence-electron chi connectivity index (χ3n) is 2.51. The number of anilines is 2. The van der Waals surface area contributed by atoms with Gasteiger partial charge in [0.25, 0.3) is 10.0 Å². The largest absolute Gasteiger partial charge is 0.396 e. The van der Waals surface area contributed by atoms with Gasteiger partial charge >= 0.3 is 0 Å². The summed E-state index contributed by atoms with van der Waals surface area (Å²) in [5, 5.41) is 0. The van der Waals surface area contributed by atoms with E-state index in [4.69, 9.17) is 5.73 Å². The van der Waals surface area contributed by atoms with Gasteiger partial charge in [0.15, 0.2) is 17.5 Å². The molecule has 0 aliphatic heterocycles. The molecule has 3 N–H and O–H groups in total. The summed E-state index contributed by atoms with van der Waals surface area (Å²) in [6.45, 7) is 0. The molecule has 0 saturated heterocycles. The molecule has 9 heteroatoms. The molecular weight excluding hydrogens is 312 g/mol. The summed E-state index contributed by atoms with van der Waals surface area (Å²) in [5.74, 6) is -5.63. The summed E-state index contributed by atoms with van der Waals surface area (Å²) in [5.41, 5.74) is 4.31. The first-order valence-electron chi connectivity index (χ1n) is 5.43. The van der Waals surface area contributed by atoms with Crippen molar-refractivity contribution in [2.45, 2.75) is 4.90 Å². The first-order valence-corrected chi connectivity index (χ1v) is 6.91. The molecule has 0 heterocycles. The van der Waals surface area contributed by atoms with E-state index in [1.807, 2.05) is 4.72 Å². The Morgan fingerprint density at radius 1 is 0.905 bits per heavy atom. The Balaban J connectivity index is 2.39. The Morgan fingerprint density at radius 2 is 1.48 bits per heavy atom. The molecule has 0 unspecified atom stereocenters. The Morgan fingerprint density at radius 3 is 2.00 bits per heavy atom. The molecule has 112 valence electrons. The smallest absolute Gasteiger partial charge is 0.261 e. The second kappa shape index (κ2) is 5.24. The molecule has 4 nitrogen and oxygen atoms in total. The molecule has 0 spiro atoms. The van der Waals surface area contributed by atoms with Gasteiger partial charge in [-0.1, -0.05) is 0 Å². The van der Waals surface area contributed by atoms with E-state index in [9.17, 15) is 26.0 Å². The van der Waals surface area contributed by atoms with Crippen LogP contribution in [-0.2, 0) is 10.0 Å². The normalized spacial score (nSPS) is 11.4. The predicted octanol–water partition coefficient (Wildman–Crippen LogP) is 2.63. The standard InChI is InChI=1S/C12H8F4N2O2S/c13-8-2-1-7(5-11(8)17)21(19,20)18-6-3-9(14)12(16)10(15)4-6/h1-5,18H,17H2. The molecule has 0 saturated carbocycles. The van der Waals surface area contributed by atoms with E-state index in [1.54, 1.807) is 0 Å². The van der Waals surface area contributed by atoms with Crippen LogP contribution in [0.3, 0.4) is 0 Å². The maximum Gasteiger partial charge on any atom is 0.261 e. The summed E-state index contributed by atoms with van der Waals surface area (Å²) < 4.78 is 77.5. The third kappa shape index (κ3) is 3.07. The van der Waals surface area contributed by atoms with Gasteiger partial charge in [0.05, 0.1) is 16.3 Å². The highest BCUT2D eigenvalue weighted by atomic mass is 32.2. The lowest BCUT2D eigenvalue weighted by atomic mass is 10.3. The van der Waals surface area contributed by atoms with Gasteiger partial charge in [0.2, 0.25) is 0 Å². The number of nitrogens with two attached hydrogens (primary N) is 1. The molecule has 0 aliphatic carbocycles. The summed E-state index contributed by atoms with van der Waals surface area (Å²) >= 11 is 0. The van der Waals surface area contributed by atoms with Gasteiger partial charge in [-0.2, -0.15) is 0 Å². The van der Waals surface area contributed by atoms with Crippen molar-refractivity contribution >= 4 is 21.4 Å². The second-order valence-corrected chi connectivity index (χ2v) is 5.73. The zero-order valence-corrected chi connectivity index (χ0v) is 11.0. The average Bonchev–Trinajstić information content (AvgIpc) is 2.38. The quantitative estimate of drug-likeness (QED) is 0.519. The number of halogens is 4. The van der Waals surface area contributed by atoms with Crippen molar-refractivity contribution in [1.82, 2.24) is 0 Å². The van der Waals surface area contributed by atoms with Gasteiger partial charge in [-0.3, -0.25) is 4.72 Å². The van der Waals surface area contributed by atoms with Crippen LogP contribution in [0.5, 0.6) is 0 Å². The highest BCUT2D eigenvalue weighted by Gasteiger charge is 2.18. The fourth-order valence-electron chi connectivity index (χ4n) is 1.52. The van der Waals surface area contributed by atoms with Crippen LogP contribution in [-0.4, -0.2) is 8.42 Å². The number of hydrogen-bond donors (Lipinski definition) is 2. The molecule has 0 amide bonds. The molecule has 0 aliphatic rings. The Hall–Kier alpha value is -2.29. The minimum Gasteiger partial charge on any atom is -0.396 e. The van der Waals surface area contributed by atoms with Crippen molar-refractivity contribution in [3.05, 3.63) is 53.6 Å². The number of rotatable bonds is 3. The number of nitrogens with one attached hydrogen (secondary N) is 1. The molecule has 0 aromatic heterocycles. The van der Waals surface area contributed by atoms with Gasteiger partial charge in [0, 0.05) is 12.1 Å². The van der Waals surface area contributed by atoms with E-state index < -0.39 is 49.6 Å². The Labute approximate surface area is 117 Å². The summed E-state index contributed by atoms with van der Waals surface area (Å²) in [4.78, 5) is -0.411. The highest BCUT2D eigenvalue weighted by molar-refractivity contribution is 7.92. The van der Waals surface area contributed by atoms with Crippen molar-refractivity contribution in [2.75, 3.05) is 10.5 Å². The summed E-state index contributed by atoms with van der Waals surface area (Å²) in [6.07, 6.45) is 0. The van der Waals surface area contributed by atoms with Crippen molar-refractivity contribution < 1.29 is 26.0 Å². The summed E-state index contributed by atoms with van der Waals surface area (Å²) in [7, 11) is -4.25. The van der Waals surface area contributed by atoms with Gasteiger partial charge < -0.3 is 5.73 Å². The lowest BCUT2D eigenvalue weighted by molar-refractivity contribution is 0.448. The third-order valence-corrected chi connectivity index (χ3v) is 3.89. The highest BCUT2D eigenvalue weighted by Crippen LogP contribution is 2.22. The molecule has 0 bridgehead atoms. The van der Waals surface area contributed by atoms with E-state index in [-0.39, 0.29) is 0 Å². The Bertz CT molecular complexity index is 786. The van der Waals surface area contributed by atoms with Crippen LogP contribution in [0.25, 0.3) is 0 Å². The van der Waals surface area contributed by atoms with Crippen LogP contribution >= 0.6 is 0 Å². The monoisotopic (exact) mass is 320 g/mol. The molecular formula is C12H8F4N2O2S. The van der Waals surface area contributed by atoms with Crippen molar-refractivity contribution in [1.29, 1.82) is 0 Å². The zero-order chi connectivity index (χ0) is 15.8. The number of hydrogen-bond acceptors (Lipinski definition) is 3. The minimum atomic E-state index is -4.25. The Kier molecular flexibility index (Phi) is 3.77. The fourth-order valence-corrected chi connectivity index (χ4v) is 2.59. The molecule has 0 radical (unpaired) electrons. The number of benzene rings is 2. The van der Waals surface area contributed by atoms with Gasteiger partial charge in [0.1, 0.15) is 5.82 Å².